The fraction of sp³-hybridized carbons (Fsp3) is 0.481. The highest BCUT2D eigenvalue weighted by Gasteiger charge is 2.29. The average Bonchev–Trinajstić information content (AvgIpc) is 3.58. The number of benzene rings is 1. The van der Waals surface area contributed by atoms with Crippen LogP contribution in [0.5, 0.6) is 0 Å². The third-order valence-electron chi connectivity index (χ3n) is 7.27. The number of aromatic amines is 1. The number of nitrogens with one attached hydrogen (secondary N) is 1. The highest BCUT2D eigenvalue weighted by Crippen LogP contribution is 2.33. The monoisotopic (exact) mass is 490 g/mol. The molecule has 0 aliphatic heterocycles. The number of aromatic nitrogens is 5. The van der Waals surface area contributed by atoms with Crippen LogP contribution in [0.15, 0.2) is 46.6 Å². The molecular weight excluding hydrogens is 456 g/mol. The summed E-state index contributed by atoms with van der Waals surface area (Å²) >= 11 is 1.74. The number of rotatable bonds is 9. The predicted octanol–water partition coefficient (Wildman–Crippen LogP) is 5.80. The van der Waals surface area contributed by atoms with Crippen molar-refractivity contribution in [3.8, 4) is 0 Å². The molecule has 0 radical (unpaired) electrons. The Bertz CT molecular complexity index is 1300. The van der Waals surface area contributed by atoms with Crippen LogP contribution in [0, 0.1) is 0 Å². The van der Waals surface area contributed by atoms with Gasteiger partial charge in [0.05, 0.1) is 12.1 Å². The maximum Gasteiger partial charge on any atom is 0.252 e. The summed E-state index contributed by atoms with van der Waals surface area (Å²) in [5.74, 6) is 0.918. The molecule has 1 unspecified atom stereocenters. The van der Waals surface area contributed by atoms with E-state index in [9.17, 15) is 4.79 Å². The molecule has 184 valence electrons. The van der Waals surface area contributed by atoms with E-state index in [1.54, 1.807) is 11.3 Å². The van der Waals surface area contributed by atoms with Crippen molar-refractivity contribution in [2.24, 2.45) is 0 Å². The standard InChI is InChI=1S/C27H34N6OS/c1-3-19-12-13-24-20(15-19)16-21(27(34)28-24)17-32(18-23-11-8-14-35-23)25(4-2)26-29-30-31-33(26)22-9-6-5-7-10-22/h8,11-16,22,25H,3-7,9-10,17-18H2,1-2H3,(H,28,34). The Kier molecular flexibility index (Phi) is 7.39. The van der Waals surface area contributed by atoms with E-state index in [-0.39, 0.29) is 11.6 Å². The second kappa shape index (κ2) is 10.8. The summed E-state index contributed by atoms with van der Waals surface area (Å²) in [6.45, 7) is 5.62. The van der Waals surface area contributed by atoms with Crippen LogP contribution < -0.4 is 5.56 Å². The van der Waals surface area contributed by atoms with Gasteiger partial charge in [0.25, 0.3) is 5.56 Å². The number of aryl methyl sites for hydroxylation is 1. The molecule has 1 aliphatic carbocycles. The van der Waals surface area contributed by atoms with Crippen LogP contribution in [0.3, 0.4) is 0 Å². The fourth-order valence-electron chi connectivity index (χ4n) is 5.35. The fourth-order valence-corrected chi connectivity index (χ4v) is 6.08. The number of thiophene rings is 1. The summed E-state index contributed by atoms with van der Waals surface area (Å²) in [6, 6.07) is 13.0. The van der Waals surface area contributed by atoms with Gasteiger partial charge in [-0.05, 0) is 76.7 Å². The third-order valence-corrected chi connectivity index (χ3v) is 8.13. The summed E-state index contributed by atoms with van der Waals surface area (Å²) < 4.78 is 2.08. The minimum atomic E-state index is -0.0281. The normalized spacial score (nSPS) is 15.7. The second-order valence-electron chi connectivity index (χ2n) is 9.58. The van der Waals surface area contributed by atoms with Gasteiger partial charge in [0.1, 0.15) is 0 Å². The van der Waals surface area contributed by atoms with Crippen molar-refractivity contribution < 1.29 is 0 Å². The molecule has 5 rings (SSSR count). The van der Waals surface area contributed by atoms with E-state index in [1.807, 2.05) is 6.07 Å². The van der Waals surface area contributed by atoms with Crippen molar-refractivity contribution >= 4 is 22.2 Å². The molecule has 8 heteroatoms. The maximum atomic E-state index is 13.1. The molecule has 1 aromatic carbocycles. The lowest BCUT2D eigenvalue weighted by Crippen LogP contribution is -2.33. The Labute approximate surface area is 210 Å². The molecule has 3 aromatic heterocycles. The van der Waals surface area contributed by atoms with E-state index in [1.165, 1.54) is 29.7 Å². The van der Waals surface area contributed by atoms with Crippen molar-refractivity contribution in [1.82, 2.24) is 30.1 Å². The Hall–Kier alpha value is -2.84. The zero-order valence-electron chi connectivity index (χ0n) is 20.6. The van der Waals surface area contributed by atoms with Crippen molar-refractivity contribution in [2.75, 3.05) is 0 Å². The SMILES string of the molecule is CCc1ccc2[nH]c(=O)c(CN(Cc3cccs3)C(CC)c3nnnn3C3CCCCC3)cc2c1. The topological polar surface area (TPSA) is 79.7 Å². The maximum absolute atomic E-state index is 13.1. The molecule has 0 saturated heterocycles. The zero-order chi connectivity index (χ0) is 24.2. The summed E-state index contributed by atoms with van der Waals surface area (Å²) in [5, 5.41) is 16.3. The lowest BCUT2D eigenvalue weighted by Gasteiger charge is -2.31. The van der Waals surface area contributed by atoms with E-state index in [2.05, 4.69) is 79.7 Å². The Balaban J connectivity index is 1.51. The van der Waals surface area contributed by atoms with Gasteiger partial charge in [-0.15, -0.1) is 16.4 Å². The summed E-state index contributed by atoms with van der Waals surface area (Å²) in [4.78, 5) is 19.9. The van der Waals surface area contributed by atoms with Gasteiger partial charge in [0.2, 0.25) is 0 Å². The van der Waals surface area contributed by atoms with Crippen molar-refractivity contribution in [2.45, 2.75) is 84.0 Å². The molecule has 1 N–H and O–H groups in total. The molecule has 1 atom stereocenters. The third kappa shape index (κ3) is 5.23. The summed E-state index contributed by atoms with van der Waals surface area (Å²) in [5.41, 5.74) is 2.90. The first kappa shape index (κ1) is 23.9. The number of hydrogen-bond donors (Lipinski definition) is 1. The average molecular weight is 491 g/mol. The van der Waals surface area contributed by atoms with Gasteiger partial charge in [-0.3, -0.25) is 9.69 Å². The van der Waals surface area contributed by atoms with Crippen LogP contribution in [0.1, 0.15) is 86.3 Å². The second-order valence-corrected chi connectivity index (χ2v) is 10.6. The van der Waals surface area contributed by atoms with Crippen molar-refractivity contribution in [1.29, 1.82) is 0 Å². The van der Waals surface area contributed by atoms with E-state index >= 15 is 0 Å². The van der Waals surface area contributed by atoms with E-state index in [0.717, 1.165) is 54.5 Å². The molecule has 0 bridgehead atoms. The van der Waals surface area contributed by atoms with E-state index in [0.29, 0.717) is 12.6 Å². The van der Waals surface area contributed by atoms with Gasteiger partial charge in [0.15, 0.2) is 5.82 Å². The van der Waals surface area contributed by atoms with Gasteiger partial charge in [-0.1, -0.05) is 45.2 Å². The van der Waals surface area contributed by atoms with Crippen molar-refractivity contribution in [3.05, 3.63) is 74.0 Å². The molecule has 1 saturated carbocycles. The van der Waals surface area contributed by atoms with Crippen LogP contribution in [0.2, 0.25) is 0 Å². The number of pyridine rings is 1. The first-order chi connectivity index (χ1) is 17.2. The zero-order valence-corrected chi connectivity index (χ0v) is 21.4. The molecule has 4 aromatic rings. The smallest absolute Gasteiger partial charge is 0.252 e. The Morgan fingerprint density at radius 3 is 2.74 bits per heavy atom. The number of hydrogen-bond acceptors (Lipinski definition) is 6. The predicted molar refractivity (Wildman–Crippen MR) is 140 cm³/mol. The van der Waals surface area contributed by atoms with Crippen LogP contribution in [0.25, 0.3) is 10.9 Å². The molecule has 35 heavy (non-hydrogen) atoms. The van der Waals surface area contributed by atoms with Gasteiger partial charge in [0, 0.05) is 29.0 Å². The van der Waals surface area contributed by atoms with Gasteiger partial charge in [-0.25, -0.2) is 4.68 Å². The molecule has 0 amide bonds. The van der Waals surface area contributed by atoms with Crippen LogP contribution in [0.4, 0.5) is 0 Å². The van der Waals surface area contributed by atoms with Crippen LogP contribution >= 0.6 is 11.3 Å². The van der Waals surface area contributed by atoms with E-state index in [4.69, 9.17) is 0 Å². The molecule has 1 aliphatic rings. The van der Waals surface area contributed by atoms with Crippen LogP contribution in [-0.2, 0) is 19.5 Å². The highest BCUT2D eigenvalue weighted by atomic mass is 32.1. The summed E-state index contributed by atoms with van der Waals surface area (Å²) in [7, 11) is 0. The summed E-state index contributed by atoms with van der Waals surface area (Å²) in [6.07, 6.45) is 7.84. The molecule has 1 fully saturated rings. The number of H-pyrrole nitrogens is 1. The minimum Gasteiger partial charge on any atom is -0.322 e. The first-order valence-corrected chi connectivity index (χ1v) is 13.7. The number of tetrazole rings is 1. The van der Waals surface area contributed by atoms with Crippen LogP contribution in [-0.4, -0.2) is 30.1 Å². The van der Waals surface area contributed by atoms with Crippen molar-refractivity contribution in [3.63, 3.8) is 0 Å². The van der Waals surface area contributed by atoms with Gasteiger partial charge in [-0.2, -0.15) is 0 Å². The number of nitrogens with zero attached hydrogens (tertiary/aromatic N) is 5. The number of fused-ring (bicyclic) bond motifs is 1. The molecule has 3 heterocycles. The molecular formula is C27H34N6OS. The minimum absolute atomic E-state index is 0.0195. The lowest BCUT2D eigenvalue weighted by molar-refractivity contribution is 0.157. The largest absolute Gasteiger partial charge is 0.322 e. The van der Waals surface area contributed by atoms with Gasteiger partial charge >= 0.3 is 0 Å². The van der Waals surface area contributed by atoms with Gasteiger partial charge < -0.3 is 4.98 Å². The van der Waals surface area contributed by atoms with E-state index < -0.39 is 0 Å². The molecule has 0 spiro atoms. The quantitative estimate of drug-likeness (QED) is 0.321. The molecule has 7 nitrogen and oxygen atoms in total. The highest BCUT2D eigenvalue weighted by molar-refractivity contribution is 7.09. The Morgan fingerprint density at radius 2 is 2.00 bits per heavy atom. The first-order valence-electron chi connectivity index (χ1n) is 12.8. The lowest BCUT2D eigenvalue weighted by atomic mass is 9.95. The Morgan fingerprint density at radius 1 is 1.14 bits per heavy atom.